The number of rotatable bonds is 4. The van der Waals surface area contributed by atoms with Gasteiger partial charge in [-0.25, -0.2) is 4.39 Å². The molecule has 17 heavy (non-hydrogen) atoms. The molecule has 0 saturated heterocycles. The minimum atomic E-state index is -0.613. The Bertz CT molecular complexity index is 409. The molecule has 0 radical (unpaired) electrons. The Labute approximate surface area is 99.6 Å². The third-order valence-electron chi connectivity index (χ3n) is 2.69. The van der Waals surface area contributed by atoms with Crippen LogP contribution in [0.2, 0.25) is 0 Å². The molecule has 94 valence electrons. The molecule has 0 aliphatic heterocycles. The molecule has 0 fully saturated rings. The van der Waals surface area contributed by atoms with E-state index in [4.69, 9.17) is 4.74 Å². The molecule has 1 aromatic carbocycles. The molecule has 0 aliphatic rings. The average Bonchev–Trinajstić information content (AvgIpc) is 2.30. The standard InChI is InChI=1S/C12H16FNO3/c1-8(16)14(2)11(7-15)10-6-9(13)4-5-12(10)17-3/h4-6,11,15H,7H2,1-3H3. The van der Waals surface area contributed by atoms with E-state index < -0.39 is 11.9 Å². The Hall–Kier alpha value is -1.62. The summed E-state index contributed by atoms with van der Waals surface area (Å²) in [6.07, 6.45) is 0. The number of ether oxygens (including phenoxy) is 1. The number of nitrogens with zero attached hydrogens (tertiary/aromatic N) is 1. The SMILES string of the molecule is COc1ccc(F)cc1C(CO)N(C)C(C)=O. The number of aliphatic hydroxyl groups is 1. The van der Waals surface area contributed by atoms with E-state index in [0.717, 1.165) is 0 Å². The van der Waals surface area contributed by atoms with E-state index in [9.17, 15) is 14.3 Å². The summed E-state index contributed by atoms with van der Waals surface area (Å²) >= 11 is 0. The first-order valence-corrected chi connectivity index (χ1v) is 5.19. The van der Waals surface area contributed by atoms with Crippen molar-refractivity contribution < 1.29 is 19.0 Å². The van der Waals surface area contributed by atoms with E-state index in [1.54, 1.807) is 7.05 Å². The summed E-state index contributed by atoms with van der Waals surface area (Å²) in [5.41, 5.74) is 0.452. The van der Waals surface area contributed by atoms with Crippen LogP contribution in [0.25, 0.3) is 0 Å². The second-order valence-corrected chi connectivity index (χ2v) is 3.71. The summed E-state index contributed by atoms with van der Waals surface area (Å²) in [7, 11) is 3.01. The maximum Gasteiger partial charge on any atom is 0.219 e. The number of aliphatic hydroxyl groups excluding tert-OH is 1. The number of likely N-dealkylation sites (N-methyl/N-ethyl adjacent to an activating group) is 1. The highest BCUT2D eigenvalue weighted by Gasteiger charge is 2.22. The van der Waals surface area contributed by atoms with Gasteiger partial charge in [0.15, 0.2) is 0 Å². The third kappa shape index (κ3) is 2.94. The normalized spacial score (nSPS) is 12.1. The van der Waals surface area contributed by atoms with Crippen LogP contribution in [0, 0.1) is 5.82 Å². The van der Waals surface area contributed by atoms with Gasteiger partial charge in [-0.05, 0) is 18.2 Å². The van der Waals surface area contributed by atoms with Crippen LogP contribution in [0.4, 0.5) is 4.39 Å². The molecule has 0 saturated carbocycles. The molecule has 0 spiro atoms. The van der Waals surface area contributed by atoms with Crippen LogP contribution in [0.15, 0.2) is 18.2 Å². The number of carbonyl (C=O) groups is 1. The van der Waals surface area contributed by atoms with Crippen LogP contribution in [-0.2, 0) is 4.79 Å². The van der Waals surface area contributed by atoms with Gasteiger partial charge in [0.2, 0.25) is 5.91 Å². The van der Waals surface area contributed by atoms with E-state index in [0.29, 0.717) is 11.3 Å². The van der Waals surface area contributed by atoms with Gasteiger partial charge in [0.1, 0.15) is 11.6 Å². The van der Waals surface area contributed by atoms with Crippen molar-refractivity contribution in [3.8, 4) is 5.75 Å². The lowest BCUT2D eigenvalue weighted by atomic mass is 10.0. The van der Waals surface area contributed by atoms with Gasteiger partial charge in [-0.15, -0.1) is 0 Å². The van der Waals surface area contributed by atoms with Crippen molar-refractivity contribution in [2.24, 2.45) is 0 Å². The molecule has 1 amide bonds. The number of carbonyl (C=O) groups excluding carboxylic acids is 1. The van der Waals surface area contributed by atoms with Gasteiger partial charge in [-0.2, -0.15) is 0 Å². The topological polar surface area (TPSA) is 49.8 Å². The quantitative estimate of drug-likeness (QED) is 0.865. The minimum absolute atomic E-state index is 0.213. The highest BCUT2D eigenvalue weighted by atomic mass is 19.1. The maximum absolute atomic E-state index is 13.2. The van der Waals surface area contributed by atoms with Gasteiger partial charge in [-0.1, -0.05) is 0 Å². The van der Waals surface area contributed by atoms with Crippen molar-refractivity contribution in [1.29, 1.82) is 0 Å². The molecule has 0 heterocycles. The Morgan fingerprint density at radius 1 is 1.59 bits per heavy atom. The molecule has 0 aliphatic carbocycles. The van der Waals surface area contributed by atoms with Crippen molar-refractivity contribution >= 4 is 5.91 Å². The summed E-state index contributed by atoms with van der Waals surface area (Å²) in [5.74, 6) is -0.204. The van der Waals surface area contributed by atoms with E-state index in [2.05, 4.69) is 0 Å². The third-order valence-corrected chi connectivity index (χ3v) is 2.69. The predicted octanol–water partition coefficient (Wildman–Crippen LogP) is 1.35. The summed E-state index contributed by atoms with van der Waals surface area (Å²) in [6, 6.07) is 3.39. The Morgan fingerprint density at radius 2 is 2.24 bits per heavy atom. The Kier molecular flexibility index (Phi) is 4.45. The molecule has 1 aromatic rings. The number of hydrogen-bond donors (Lipinski definition) is 1. The number of hydrogen-bond acceptors (Lipinski definition) is 3. The van der Waals surface area contributed by atoms with Crippen molar-refractivity contribution in [2.45, 2.75) is 13.0 Å². The van der Waals surface area contributed by atoms with Crippen LogP contribution in [0.1, 0.15) is 18.5 Å². The molecule has 1 atom stereocenters. The molecule has 0 bridgehead atoms. The highest BCUT2D eigenvalue weighted by molar-refractivity contribution is 5.73. The largest absolute Gasteiger partial charge is 0.496 e. The smallest absolute Gasteiger partial charge is 0.219 e. The molecule has 5 heteroatoms. The lowest BCUT2D eigenvalue weighted by molar-refractivity contribution is -0.130. The zero-order chi connectivity index (χ0) is 13.0. The van der Waals surface area contributed by atoms with Gasteiger partial charge >= 0.3 is 0 Å². The second kappa shape index (κ2) is 5.63. The molecule has 1 unspecified atom stereocenters. The first-order valence-electron chi connectivity index (χ1n) is 5.19. The molecule has 0 aromatic heterocycles. The van der Waals surface area contributed by atoms with Crippen molar-refractivity contribution in [2.75, 3.05) is 20.8 Å². The van der Waals surface area contributed by atoms with Crippen LogP contribution < -0.4 is 4.74 Å². The number of amides is 1. The van der Waals surface area contributed by atoms with Crippen LogP contribution in [-0.4, -0.2) is 36.7 Å². The zero-order valence-corrected chi connectivity index (χ0v) is 10.1. The summed E-state index contributed by atoms with van der Waals surface area (Å²) in [4.78, 5) is 12.6. The lowest BCUT2D eigenvalue weighted by Crippen LogP contribution is -2.31. The van der Waals surface area contributed by atoms with E-state index in [-0.39, 0.29) is 12.5 Å². The molecular weight excluding hydrogens is 225 g/mol. The number of halogens is 1. The summed E-state index contributed by atoms with van der Waals surface area (Å²) in [5, 5.41) is 9.34. The number of benzene rings is 1. The Morgan fingerprint density at radius 3 is 2.71 bits per heavy atom. The summed E-state index contributed by atoms with van der Waals surface area (Å²) in [6.45, 7) is 1.09. The first kappa shape index (κ1) is 13.4. The fourth-order valence-electron chi connectivity index (χ4n) is 1.61. The fraction of sp³-hybridized carbons (Fsp3) is 0.417. The van der Waals surface area contributed by atoms with Gasteiger partial charge in [0, 0.05) is 19.5 Å². The molecule has 1 rings (SSSR count). The zero-order valence-electron chi connectivity index (χ0n) is 10.1. The van der Waals surface area contributed by atoms with E-state index in [1.165, 1.54) is 37.1 Å². The molecule has 4 nitrogen and oxygen atoms in total. The molecular formula is C12H16FNO3. The Balaban J connectivity index is 3.18. The first-order chi connectivity index (χ1) is 8.01. The number of methoxy groups -OCH3 is 1. The van der Waals surface area contributed by atoms with Gasteiger partial charge in [-0.3, -0.25) is 4.79 Å². The van der Waals surface area contributed by atoms with Crippen LogP contribution in [0.3, 0.4) is 0 Å². The van der Waals surface area contributed by atoms with Crippen molar-refractivity contribution in [1.82, 2.24) is 4.90 Å². The van der Waals surface area contributed by atoms with Crippen molar-refractivity contribution in [3.63, 3.8) is 0 Å². The van der Waals surface area contributed by atoms with E-state index in [1.807, 2.05) is 0 Å². The summed E-state index contributed by atoms with van der Waals surface area (Å²) < 4.78 is 18.3. The van der Waals surface area contributed by atoms with Crippen LogP contribution >= 0.6 is 0 Å². The highest BCUT2D eigenvalue weighted by Crippen LogP contribution is 2.29. The minimum Gasteiger partial charge on any atom is -0.496 e. The van der Waals surface area contributed by atoms with E-state index >= 15 is 0 Å². The van der Waals surface area contributed by atoms with Gasteiger partial charge < -0.3 is 14.7 Å². The van der Waals surface area contributed by atoms with Crippen molar-refractivity contribution in [3.05, 3.63) is 29.6 Å². The average molecular weight is 241 g/mol. The maximum atomic E-state index is 13.2. The predicted molar refractivity (Wildman–Crippen MR) is 61.2 cm³/mol. The fourth-order valence-corrected chi connectivity index (χ4v) is 1.61. The molecule has 1 N–H and O–H groups in total. The van der Waals surface area contributed by atoms with Crippen LogP contribution in [0.5, 0.6) is 5.75 Å². The van der Waals surface area contributed by atoms with Gasteiger partial charge in [0.05, 0.1) is 19.8 Å². The lowest BCUT2D eigenvalue weighted by Gasteiger charge is -2.27. The van der Waals surface area contributed by atoms with Gasteiger partial charge in [0.25, 0.3) is 0 Å². The monoisotopic (exact) mass is 241 g/mol. The second-order valence-electron chi connectivity index (χ2n) is 3.71.